The minimum absolute atomic E-state index is 0.0658. The Morgan fingerprint density at radius 1 is 1.00 bits per heavy atom. The Morgan fingerprint density at radius 2 is 1.69 bits per heavy atom. The molecule has 5 nitrogen and oxygen atoms in total. The first kappa shape index (κ1) is 20.2. The number of pyridine rings is 1. The average molecular weight is 440 g/mol. The van der Waals surface area contributed by atoms with Crippen molar-refractivity contribution in [3.8, 4) is 11.4 Å². The number of aliphatic imine (C=N–C) groups is 1. The topological polar surface area (TPSA) is 66.6 Å². The Kier molecular flexibility index (Phi) is 5.07. The average Bonchev–Trinajstić information content (AvgIpc) is 2.80. The van der Waals surface area contributed by atoms with E-state index >= 15 is 0 Å². The summed E-state index contributed by atoms with van der Waals surface area (Å²) in [5, 5.41) is 15.3. The molecule has 0 saturated carbocycles. The Bertz CT molecular complexity index is 1420. The van der Waals surface area contributed by atoms with Gasteiger partial charge in [-0.3, -0.25) is 9.36 Å². The highest BCUT2D eigenvalue weighted by Gasteiger charge is 2.27. The number of nitrogens with one attached hydrogen (secondary N) is 1. The van der Waals surface area contributed by atoms with Gasteiger partial charge in [0.05, 0.1) is 17.3 Å². The molecule has 158 valence electrons. The fourth-order valence-corrected chi connectivity index (χ4v) is 4.42. The van der Waals surface area contributed by atoms with Crippen LogP contribution in [0, 0.1) is 6.92 Å². The zero-order valence-corrected chi connectivity index (χ0v) is 18.3. The largest absolute Gasteiger partial charge is 0.506 e. The van der Waals surface area contributed by atoms with E-state index in [1.165, 1.54) is 5.56 Å². The number of aromatic hydroxyl groups is 1. The monoisotopic (exact) mass is 439 g/mol. The summed E-state index contributed by atoms with van der Waals surface area (Å²) in [6, 6.07) is 24.8. The Labute approximate surface area is 190 Å². The summed E-state index contributed by atoms with van der Waals surface area (Å²) in [6.45, 7) is 2.04. The summed E-state index contributed by atoms with van der Waals surface area (Å²) < 4.78 is 1.62. The number of para-hydroxylation sites is 2. The lowest BCUT2D eigenvalue weighted by Crippen LogP contribution is -2.36. The fraction of sp³-hybridized carbons (Fsp3) is 0.115. The molecule has 0 aliphatic carbocycles. The normalized spacial score (nSPS) is 16.0. The third-order valence-electron chi connectivity index (χ3n) is 5.77. The lowest BCUT2D eigenvalue weighted by atomic mass is 9.94. The third-order valence-corrected chi connectivity index (χ3v) is 5.98. The molecule has 1 atom stereocenters. The van der Waals surface area contributed by atoms with Crippen LogP contribution in [0.2, 0.25) is 0 Å². The maximum atomic E-state index is 13.8. The van der Waals surface area contributed by atoms with Crippen LogP contribution in [0.4, 0.5) is 0 Å². The lowest BCUT2D eigenvalue weighted by Gasteiger charge is -2.26. The molecular weight excluding hydrogens is 418 g/mol. The zero-order chi connectivity index (χ0) is 22.2. The molecule has 2 N–H and O–H groups in total. The smallest absolute Gasteiger partial charge is 0.268 e. The molecule has 0 saturated heterocycles. The Hall–Kier alpha value is -3.77. The highest BCUT2D eigenvalue weighted by atomic mass is 32.1. The standard InChI is InChI=1S/C26H21N3O2S/c1-16-11-13-17(14-12-16)20-15-21(28-26(32)27-20)23-24(30)19-9-5-6-10-22(19)29(25(23)31)18-7-3-2-4-8-18/h2-14,20,30H,15H2,1H3,(H,27,32). The Morgan fingerprint density at radius 3 is 2.44 bits per heavy atom. The summed E-state index contributed by atoms with van der Waals surface area (Å²) in [4.78, 5) is 18.2. The summed E-state index contributed by atoms with van der Waals surface area (Å²) >= 11 is 5.41. The number of aryl methyl sites for hydroxylation is 1. The number of aromatic nitrogens is 1. The number of thiocarbonyl (C=S) groups is 1. The van der Waals surface area contributed by atoms with E-state index in [4.69, 9.17) is 12.2 Å². The van der Waals surface area contributed by atoms with Crippen molar-refractivity contribution in [2.24, 2.45) is 4.99 Å². The first-order valence-electron chi connectivity index (χ1n) is 10.4. The van der Waals surface area contributed by atoms with Crippen LogP contribution in [0.15, 0.2) is 88.6 Å². The van der Waals surface area contributed by atoms with Crippen LogP contribution in [0.5, 0.6) is 5.75 Å². The number of benzene rings is 3. The van der Waals surface area contributed by atoms with E-state index < -0.39 is 0 Å². The van der Waals surface area contributed by atoms with Crippen LogP contribution in [0.25, 0.3) is 16.6 Å². The number of hydrogen-bond donors (Lipinski definition) is 2. The first-order chi connectivity index (χ1) is 15.5. The molecule has 0 bridgehead atoms. The maximum Gasteiger partial charge on any atom is 0.268 e. The molecule has 3 aromatic carbocycles. The number of rotatable bonds is 3. The number of hydrogen-bond acceptors (Lipinski definition) is 3. The van der Waals surface area contributed by atoms with Crippen LogP contribution >= 0.6 is 12.2 Å². The van der Waals surface area contributed by atoms with Crippen molar-refractivity contribution in [3.05, 3.63) is 106 Å². The van der Waals surface area contributed by atoms with Crippen molar-refractivity contribution >= 4 is 33.9 Å². The molecule has 0 fully saturated rings. The van der Waals surface area contributed by atoms with Crippen LogP contribution in [-0.4, -0.2) is 20.5 Å². The van der Waals surface area contributed by atoms with Crippen LogP contribution in [0.1, 0.15) is 29.2 Å². The van der Waals surface area contributed by atoms with E-state index in [2.05, 4.69) is 10.3 Å². The molecule has 1 aliphatic rings. The summed E-state index contributed by atoms with van der Waals surface area (Å²) in [7, 11) is 0. The second kappa shape index (κ2) is 8.05. The van der Waals surface area contributed by atoms with Gasteiger partial charge in [-0.2, -0.15) is 0 Å². The van der Waals surface area contributed by atoms with Crippen molar-refractivity contribution in [3.63, 3.8) is 0 Å². The minimum Gasteiger partial charge on any atom is -0.506 e. The predicted octanol–water partition coefficient (Wildman–Crippen LogP) is 4.81. The molecule has 0 amide bonds. The minimum atomic E-state index is -0.321. The molecule has 32 heavy (non-hydrogen) atoms. The van der Waals surface area contributed by atoms with E-state index in [-0.39, 0.29) is 22.9 Å². The van der Waals surface area contributed by atoms with Crippen molar-refractivity contribution in [1.82, 2.24) is 9.88 Å². The second-order valence-corrected chi connectivity index (χ2v) is 8.28. The van der Waals surface area contributed by atoms with Gasteiger partial charge in [0.2, 0.25) is 0 Å². The van der Waals surface area contributed by atoms with Crippen molar-refractivity contribution in [1.29, 1.82) is 0 Å². The van der Waals surface area contributed by atoms with E-state index in [9.17, 15) is 9.90 Å². The highest BCUT2D eigenvalue weighted by molar-refractivity contribution is 7.80. The summed E-state index contributed by atoms with van der Waals surface area (Å²) in [5.41, 5.74) is 3.93. The summed E-state index contributed by atoms with van der Waals surface area (Å²) in [6.07, 6.45) is 0.430. The molecule has 2 heterocycles. The van der Waals surface area contributed by atoms with Gasteiger partial charge in [-0.05, 0) is 49.0 Å². The molecule has 1 unspecified atom stereocenters. The predicted molar refractivity (Wildman–Crippen MR) is 132 cm³/mol. The van der Waals surface area contributed by atoms with Crippen molar-refractivity contribution < 1.29 is 5.11 Å². The van der Waals surface area contributed by atoms with Crippen LogP contribution in [0.3, 0.4) is 0 Å². The van der Waals surface area contributed by atoms with Gasteiger partial charge < -0.3 is 10.4 Å². The maximum absolute atomic E-state index is 13.8. The van der Waals surface area contributed by atoms with Gasteiger partial charge in [0.15, 0.2) is 5.11 Å². The van der Waals surface area contributed by atoms with Crippen molar-refractivity contribution in [2.45, 2.75) is 19.4 Å². The highest BCUT2D eigenvalue weighted by Crippen LogP contribution is 2.31. The lowest BCUT2D eigenvalue weighted by molar-refractivity contribution is 0.478. The van der Waals surface area contributed by atoms with E-state index in [0.717, 1.165) is 11.3 Å². The molecule has 0 spiro atoms. The number of nitrogens with zero attached hydrogens (tertiary/aromatic N) is 2. The van der Waals surface area contributed by atoms with E-state index in [1.807, 2.05) is 85.8 Å². The molecular formula is C26H21N3O2S. The molecule has 4 aromatic rings. The fourth-order valence-electron chi connectivity index (χ4n) is 4.17. The quantitative estimate of drug-likeness (QED) is 0.450. The van der Waals surface area contributed by atoms with E-state index in [0.29, 0.717) is 28.1 Å². The van der Waals surface area contributed by atoms with E-state index in [1.54, 1.807) is 4.57 Å². The first-order valence-corrected chi connectivity index (χ1v) is 10.8. The van der Waals surface area contributed by atoms with Gasteiger partial charge in [-0.1, -0.05) is 60.2 Å². The zero-order valence-electron chi connectivity index (χ0n) is 17.4. The molecule has 1 aromatic heterocycles. The molecule has 6 heteroatoms. The third kappa shape index (κ3) is 3.48. The van der Waals surface area contributed by atoms with Gasteiger partial charge in [0.25, 0.3) is 5.56 Å². The summed E-state index contributed by atoms with van der Waals surface area (Å²) in [5.74, 6) is -0.0658. The second-order valence-electron chi connectivity index (χ2n) is 7.89. The molecule has 1 aliphatic heterocycles. The van der Waals surface area contributed by atoms with Gasteiger partial charge >= 0.3 is 0 Å². The van der Waals surface area contributed by atoms with Crippen LogP contribution in [-0.2, 0) is 0 Å². The van der Waals surface area contributed by atoms with Gasteiger partial charge in [0.1, 0.15) is 11.3 Å². The van der Waals surface area contributed by atoms with Crippen molar-refractivity contribution in [2.75, 3.05) is 0 Å². The van der Waals surface area contributed by atoms with Crippen LogP contribution < -0.4 is 10.9 Å². The molecule has 0 radical (unpaired) electrons. The Balaban J connectivity index is 1.71. The molecule has 5 rings (SSSR count). The number of fused-ring (bicyclic) bond motifs is 1. The van der Waals surface area contributed by atoms with Gasteiger partial charge in [0, 0.05) is 17.5 Å². The van der Waals surface area contributed by atoms with Gasteiger partial charge in [-0.15, -0.1) is 0 Å². The SMILES string of the molecule is Cc1ccc(C2CC(c3c(O)c4ccccc4n(-c4ccccc4)c3=O)=NC(=S)N2)cc1. The van der Waals surface area contributed by atoms with Gasteiger partial charge in [-0.25, -0.2) is 4.99 Å².